The second-order valence-corrected chi connectivity index (χ2v) is 6.36. The molecular formula is C12H14N2O6S. The summed E-state index contributed by atoms with van der Waals surface area (Å²) in [6.45, 7) is 3.06. The largest absolute Gasteiger partial charge is 0.478 e. The Hall–Kier alpha value is -1.97. The number of aryl methyl sites for hydroxylation is 1. The molecule has 1 fully saturated rings. The van der Waals surface area contributed by atoms with Gasteiger partial charge in [0.1, 0.15) is 12.6 Å². The van der Waals surface area contributed by atoms with Gasteiger partial charge in [-0.05, 0) is 37.1 Å². The first-order chi connectivity index (χ1) is 9.72. The molecule has 1 amide bonds. The average molecular weight is 314 g/mol. The van der Waals surface area contributed by atoms with Crippen LogP contribution in [-0.4, -0.2) is 38.0 Å². The van der Waals surface area contributed by atoms with Crippen LogP contribution >= 0.6 is 0 Å². The molecular weight excluding hydrogens is 300 g/mol. The van der Waals surface area contributed by atoms with Crippen LogP contribution in [0, 0.1) is 13.8 Å². The van der Waals surface area contributed by atoms with E-state index in [1.54, 1.807) is 13.8 Å². The molecule has 1 aromatic carbocycles. The summed E-state index contributed by atoms with van der Waals surface area (Å²) >= 11 is 0. The van der Waals surface area contributed by atoms with E-state index in [4.69, 9.17) is 5.11 Å². The summed E-state index contributed by atoms with van der Waals surface area (Å²) in [6.07, 6.45) is 0. The SMILES string of the molecule is Cc1cc(C(=O)O)cc(S(=O)(=O)N[C@@H]2CONC2=O)c1C. The minimum atomic E-state index is -4.04. The minimum absolute atomic E-state index is 0.130. The van der Waals surface area contributed by atoms with Crippen molar-refractivity contribution in [2.45, 2.75) is 24.8 Å². The van der Waals surface area contributed by atoms with Crippen LogP contribution in [0.1, 0.15) is 21.5 Å². The molecule has 0 spiro atoms. The van der Waals surface area contributed by atoms with Gasteiger partial charge in [-0.25, -0.2) is 18.7 Å². The second-order valence-electron chi connectivity index (χ2n) is 4.67. The normalized spacial score (nSPS) is 18.6. The molecule has 0 aliphatic carbocycles. The zero-order chi connectivity index (χ0) is 15.8. The molecule has 2 rings (SSSR count). The van der Waals surface area contributed by atoms with E-state index in [2.05, 4.69) is 9.56 Å². The fourth-order valence-corrected chi connectivity index (χ4v) is 3.43. The van der Waals surface area contributed by atoms with Crippen LogP contribution in [0.3, 0.4) is 0 Å². The molecule has 21 heavy (non-hydrogen) atoms. The molecule has 0 saturated carbocycles. The first-order valence-electron chi connectivity index (χ1n) is 6.01. The number of sulfonamides is 1. The van der Waals surface area contributed by atoms with E-state index < -0.39 is 27.9 Å². The Morgan fingerprint density at radius 2 is 2.10 bits per heavy atom. The predicted molar refractivity (Wildman–Crippen MR) is 71.1 cm³/mol. The third kappa shape index (κ3) is 3.04. The van der Waals surface area contributed by atoms with E-state index in [1.165, 1.54) is 6.07 Å². The van der Waals surface area contributed by atoms with Gasteiger partial charge in [0.05, 0.1) is 10.5 Å². The highest BCUT2D eigenvalue weighted by molar-refractivity contribution is 7.89. The van der Waals surface area contributed by atoms with Crippen LogP contribution < -0.4 is 10.2 Å². The van der Waals surface area contributed by atoms with Gasteiger partial charge in [0.2, 0.25) is 10.0 Å². The van der Waals surface area contributed by atoms with Crippen molar-refractivity contribution in [3.8, 4) is 0 Å². The molecule has 9 heteroatoms. The van der Waals surface area contributed by atoms with Crippen molar-refractivity contribution in [3.05, 3.63) is 28.8 Å². The third-order valence-electron chi connectivity index (χ3n) is 3.19. The Morgan fingerprint density at radius 1 is 1.43 bits per heavy atom. The average Bonchev–Trinajstić information content (AvgIpc) is 2.77. The molecule has 0 radical (unpaired) electrons. The zero-order valence-corrected chi connectivity index (χ0v) is 12.2. The lowest BCUT2D eigenvalue weighted by molar-refractivity contribution is -0.124. The Morgan fingerprint density at radius 3 is 2.62 bits per heavy atom. The summed E-state index contributed by atoms with van der Waals surface area (Å²) in [7, 11) is -4.04. The maximum atomic E-state index is 12.3. The van der Waals surface area contributed by atoms with E-state index in [-0.39, 0.29) is 17.1 Å². The van der Waals surface area contributed by atoms with Crippen LogP contribution in [0.2, 0.25) is 0 Å². The standard InChI is InChI=1S/C12H14N2O6S/c1-6-3-8(12(16)17)4-10(7(6)2)21(18,19)14-9-5-20-13-11(9)15/h3-4,9,14H,5H2,1-2H3,(H,13,15)(H,16,17)/t9-/m1/s1. The number of amides is 1. The molecule has 8 nitrogen and oxygen atoms in total. The summed E-state index contributed by atoms with van der Waals surface area (Å²) in [6, 6.07) is 1.42. The van der Waals surface area contributed by atoms with Crippen LogP contribution in [0.15, 0.2) is 17.0 Å². The number of hydroxylamine groups is 1. The van der Waals surface area contributed by atoms with Crippen molar-refractivity contribution in [1.82, 2.24) is 10.2 Å². The maximum Gasteiger partial charge on any atom is 0.335 e. The molecule has 114 valence electrons. The van der Waals surface area contributed by atoms with Crippen LogP contribution in [0.25, 0.3) is 0 Å². The van der Waals surface area contributed by atoms with Gasteiger partial charge in [0.25, 0.3) is 5.91 Å². The van der Waals surface area contributed by atoms with Gasteiger partial charge in [0.15, 0.2) is 0 Å². The number of carboxylic acids is 1. The van der Waals surface area contributed by atoms with Gasteiger partial charge in [0, 0.05) is 0 Å². The van der Waals surface area contributed by atoms with Crippen molar-refractivity contribution < 1.29 is 28.0 Å². The molecule has 0 unspecified atom stereocenters. The van der Waals surface area contributed by atoms with Crippen molar-refractivity contribution in [2.24, 2.45) is 0 Å². The molecule has 1 aliphatic heterocycles. The smallest absolute Gasteiger partial charge is 0.335 e. The second kappa shape index (κ2) is 5.43. The fraction of sp³-hybridized carbons (Fsp3) is 0.333. The highest BCUT2D eigenvalue weighted by Crippen LogP contribution is 2.21. The summed E-state index contributed by atoms with van der Waals surface area (Å²) in [5.41, 5.74) is 2.86. The molecule has 1 aromatic rings. The molecule has 0 bridgehead atoms. The Labute approximate surface area is 121 Å². The van der Waals surface area contributed by atoms with E-state index in [0.717, 1.165) is 6.07 Å². The lowest BCUT2D eigenvalue weighted by Crippen LogP contribution is -2.41. The Balaban J connectivity index is 2.44. The third-order valence-corrected chi connectivity index (χ3v) is 4.79. The first-order valence-corrected chi connectivity index (χ1v) is 7.49. The van der Waals surface area contributed by atoms with Crippen molar-refractivity contribution in [1.29, 1.82) is 0 Å². The maximum absolute atomic E-state index is 12.3. The van der Waals surface area contributed by atoms with E-state index in [1.807, 2.05) is 5.48 Å². The summed E-state index contributed by atoms with van der Waals surface area (Å²) in [5, 5.41) is 9.02. The summed E-state index contributed by atoms with van der Waals surface area (Å²) < 4.78 is 26.9. The van der Waals surface area contributed by atoms with Crippen molar-refractivity contribution in [3.63, 3.8) is 0 Å². The van der Waals surface area contributed by atoms with E-state index >= 15 is 0 Å². The fourth-order valence-electron chi connectivity index (χ4n) is 1.91. The van der Waals surface area contributed by atoms with Gasteiger partial charge in [-0.3, -0.25) is 9.63 Å². The predicted octanol–water partition coefficient (Wildman–Crippen LogP) is -0.290. The molecule has 3 N–H and O–H groups in total. The topological polar surface area (TPSA) is 122 Å². The summed E-state index contributed by atoms with van der Waals surface area (Å²) in [5.74, 6) is -1.82. The first kappa shape index (κ1) is 15.4. The van der Waals surface area contributed by atoms with Crippen molar-refractivity contribution >= 4 is 21.9 Å². The van der Waals surface area contributed by atoms with Gasteiger partial charge < -0.3 is 5.11 Å². The quantitative estimate of drug-likeness (QED) is 0.702. The highest BCUT2D eigenvalue weighted by atomic mass is 32.2. The number of carboxylic acid groups (broad SMARTS) is 1. The molecule has 1 atom stereocenters. The molecule has 1 saturated heterocycles. The molecule has 0 aromatic heterocycles. The number of nitrogens with one attached hydrogen (secondary N) is 2. The van der Waals surface area contributed by atoms with Gasteiger partial charge in [-0.1, -0.05) is 0 Å². The Kier molecular flexibility index (Phi) is 3.99. The van der Waals surface area contributed by atoms with E-state index in [9.17, 15) is 18.0 Å². The lowest BCUT2D eigenvalue weighted by atomic mass is 10.1. The summed E-state index contributed by atoms with van der Waals surface area (Å²) in [4.78, 5) is 26.9. The van der Waals surface area contributed by atoms with Crippen LogP contribution in [-0.2, 0) is 19.7 Å². The number of hydrogen-bond donors (Lipinski definition) is 3. The minimum Gasteiger partial charge on any atom is -0.478 e. The molecule has 1 heterocycles. The number of hydrogen-bond acceptors (Lipinski definition) is 5. The number of rotatable bonds is 4. The van der Waals surface area contributed by atoms with E-state index in [0.29, 0.717) is 11.1 Å². The molecule has 1 aliphatic rings. The number of benzene rings is 1. The number of carbonyl (C=O) groups excluding carboxylic acids is 1. The van der Waals surface area contributed by atoms with Gasteiger partial charge >= 0.3 is 5.97 Å². The lowest BCUT2D eigenvalue weighted by Gasteiger charge is -2.14. The van der Waals surface area contributed by atoms with Crippen LogP contribution in [0.5, 0.6) is 0 Å². The zero-order valence-electron chi connectivity index (χ0n) is 11.3. The van der Waals surface area contributed by atoms with Crippen molar-refractivity contribution in [2.75, 3.05) is 6.61 Å². The van der Waals surface area contributed by atoms with Gasteiger partial charge in [-0.15, -0.1) is 0 Å². The monoisotopic (exact) mass is 314 g/mol. The van der Waals surface area contributed by atoms with Crippen LogP contribution in [0.4, 0.5) is 0 Å². The number of aromatic carboxylic acids is 1. The Bertz CT molecular complexity index is 713. The number of carbonyl (C=O) groups is 2. The highest BCUT2D eigenvalue weighted by Gasteiger charge is 2.31. The van der Waals surface area contributed by atoms with Gasteiger partial charge in [-0.2, -0.15) is 4.72 Å².